The molecule has 0 bridgehead atoms. The van der Waals surface area contributed by atoms with Gasteiger partial charge in [-0.25, -0.2) is 0 Å². The van der Waals surface area contributed by atoms with Gasteiger partial charge in [0.1, 0.15) is 11.6 Å². The summed E-state index contributed by atoms with van der Waals surface area (Å²) in [5.41, 5.74) is 5.05. The number of ketones is 1. The maximum Gasteiger partial charge on any atom is 0.273 e. The molecule has 6 rings (SSSR count). The molecule has 1 saturated heterocycles. The standard InChI is InChI=1S/C32H31N7O3/c1-37-14-16-39(17-15-37)25-9-7-23(8-10-25)33-20-27-26-11-6-22(19-28(26)36-31(27)41)30(40)21-4-3-5-24(18-21)35-32(42)29-12-13-34-38(29)2/h3-13,18-20,27H,14-17H2,1-2H3,(H,35,42)(H,36,41). The molecule has 1 atom stereocenters. The molecule has 10 heteroatoms. The largest absolute Gasteiger partial charge is 0.369 e. The zero-order valence-corrected chi connectivity index (χ0v) is 23.4. The minimum absolute atomic E-state index is 0.188. The van der Waals surface area contributed by atoms with Crippen LogP contribution in [0.2, 0.25) is 0 Å². The Kier molecular flexibility index (Phi) is 7.37. The van der Waals surface area contributed by atoms with Crippen LogP contribution in [0, 0.1) is 0 Å². The number of aliphatic imine (C=N–C) groups is 1. The zero-order valence-electron chi connectivity index (χ0n) is 23.4. The van der Waals surface area contributed by atoms with E-state index in [1.165, 1.54) is 10.4 Å². The van der Waals surface area contributed by atoms with Crippen molar-refractivity contribution in [2.75, 3.05) is 48.8 Å². The molecule has 2 aliphatic heterocycles. The summed E-state index contributed by atoms with van der Waals surface area (Å²) in [6.07, 6.45) is 3.20. The number of anilines is 3. The number of hydrogen-bond acceptors (Lipinski definition) is 7. The average molecular weight is 562 g/mol. The van der Waals surface area contributed by atoms with Gasteiger partial charge < -0.3 is 20.4 Å². The first-order chi connectivity index (χ1) is 20.4. The number of aromatic nitrogens is 2. The van der Waals surface area contributed by atoms with Crippen LogP contribution in [-0.4, -0.2) is 71.7 Å². The third-order valence-corrected chi connectivity index (χ3v) is 7.72. The van der Waals surface area contributed by atoms with Gasteiger partial charge in [-0.1, -0.05) is 24.3 Å². The molecule has 0 spiro atoms. The number of amides is 2. The van der Waals surface area contributed by atoms with Crippen LogP contribution in [-0.2, 0) is 11.8 Å². The van der Waals surface area contributed by atoms with Gasteiger partial charge in [0.05, 0.1) is 5.69 Å². The summed E-state index contributed by atoms with van der Waals surface area (Å²) in [4.78, 5) is 48.0. The summed E-state index contributed by atoms with van der Waals surface area (Å²) in [6.45, 7) is 4.08. The normalized spacial score (nSPS) is 16.9. The summed E-state index contributed by atoms with van der Waals surface area (Å²) in [6, 6.07) is 21.6. The van der Waals surface area contributed by atoms with Gasteiger partial charge >= 0.3 is 0 Å². The van der Waals surface area contributed by atoms with Crippen molar-refractivity contribution in [1.82, 2.24) is 14.7 Å². The minimum atomic E-state index is -0.549. The molecule has 2 amide bonds. The molecule has 2 aliphatic rings. The highest BCUT2D eigenvalue weighted by Crippen LogP contribution is 2.33. The topological polar surface area (TPSA) is 112 Å². The smallest absolute Gasteiger partial charge is 0.273 e. The van der Waals surface area contributed by atoms with E-state index in [0.717, 1.165) is 37.4 Å². The highest BCUT2D eigenvalue weighted by atomic mass is 16.2. The number of carbonyl (C=O) groups is 3. The number of nitrogens with one attached hydrogen (secondary N) is 2. The first-order valence-electron chi connectivity index (χ1n) is 13.8. The highest BCUT2D eigenvalue weighted by Gasteiger charge is 2.30. The molecule has 3 heterocycles. The molecular formula is C32H31N7O3. The molecular weight excluding hydrogens is 530 g/mol. The number of fused-ring (bicyclic) bond motifs is 1. The maximum atomic E-state index is 13.3. The fraction of sp³-hybridized carbons (Fsp3) is 0.219. The van der Waals surface area contributed by atoms with Crippen LogP contribution in [0.3, 0.4) is 0 Å². The number of aryl methyl sites for hydroxylation is 1. The van der Waals surface area contributed by atoms with Crippen LogP contribution in [0.5, 0.6) is 0 Å². The molecule has 4 aromatic rings. The van der Waals surface area contributed by atoms with Gasteiger partial charge in [0.15, 0.2) is 5.78 Å². The maximum absolute atomic E-state index is 13.3. The average Bonchev–Trinajstić information content (AvgIpc) is 3.57. The van der Waals surface area contributed by atoms with Crippen molar-refractivity contribution in [3.05, 3.63) is 101 Å². The van der Waals surface area contributed by atoms with Crippen molar-refractivity contribution in [2.45, 2.75) is 5.92 Å². The van der Waals surface area contributed by atoms with Crippen LogP contribution < -0.4 is 15.5 Å². The van der Waals surface area contributed by atoms with Crippen LogP contribution in [0.1, 0.15) is 37.9 Å². The van der Waals surface area contributed by atoms with Gasteiger partial charge in [-0.3, -0.25) is 24.1 Å². The van der Waals surface area contributed by atoms with E-state index in [0.29, 0.717) is 28.2 Å². The summed E-state index contributed by atoms with van der Waals surface area (Å²) < 4.78 is 1.48. The Labute approximate surface area is 243 Å². The summed E-state index contributed by atoms with van der Waals surface area (Å²) in [5, 5.41) is 9.71. The second-order valence-corrected chi connectivity index (χ2v) is 10.6. The number of carbonyl (C=O) groups excluding carboxylic acids is 3. The lowest BCUT2D eigenvalue weighted by Crippen LogP contribution is -2.44. The Morgan fingerprint density at radius 1 is 0.952 bits per heavy atom. The fourth-order valence-electron chi connectivity index (χ4n) is 5.25. The van der Waals surface area contributed by atoms with Crippen molar-refractivity contribution < 1.29 is 14.4 Å². The number of nitrogens with zero attached hydrogens (tertiary/aromatic N) is 5. The number of rotatable bonds is 7. The summed E-state index contributed by atoms with van der Waals surface area (Å²) >= 11 is 0. The zero-order chi connectivity index (χ0) is 29.2. The molecule has 2 N–H and O–H groups in total. The van der Waals surface area contributed by atoms with Crippen molar-refractivity contribution in [1.29, 1.82) is 0 Å². The molecule has 0 radical (unpaired) electrons. The van der Waals surface area contributed by atoms with E-state index in [2.05, 4.69) is 49.7 Å². The predicted molar refractivity (Wildman–Crippen MR) is 163 cm³/mol. The quantitative estimate of drug-likeness (QED) is 0.260. The Bertz CT molecular complexity index is 1680. The molecule has 10 nitrogen and oxygen atoms in total. The summed E-state index contributed by atoms with van der Waals surface area (Å²) in [7, 11) is 3.82. The number of hydrogen-bond donors (Lipinski definition) is 2. The van der Waals surface area contributed by atoms with E-state index in [4.69, 9.17) is 0 Å². The lowest BCUT2D eigenvalue weighted by molar-refractivity contribution is -0.115. The van der Waals surface area contributed by atoms with Crippen molar-refractivity contribution >= 4 is 46.6 Å². The molecule has 1 aromatic heterocycles. The minimum Gasteiger partial charge on any atom is -0.369 e. The lowest BCUT2D eigenvalue weighted by atomic mass is 9.97. The fourth-order valence-corrected chi connectivity index (χ4v) is 5.25. The SMILES string of the molecule is CN1CCN(c2ccc(N=CC3C(=O)Nc4cc(C(=O)c5cccc(NC(=O)c6ccnn6C)c5)ccc43)cc2)CC1. The van der Waals surface area contributed by atoms with E-state index >= 15 is 0 Å². The molecule has 212 valence electrons. The van der Waals surface area contributed by atoms with Gasteiger partial charge in [-0.05, 0) is 61.1 Å². The van der Waals surface area contributed by atoms with Gasteiger partial charge in [0.2, 0.25) is 5.91 Å². The monoisotopic (exact) mass is 561 g/mol. The highest BCUT2D eigenvalue weighted by molar-refractivity contribution is 6.15. The lowest BCUT2D eigenvalue weighted by Gasteiger charge is -2.34. The Morgan fingerprint density at radius 2 is 1.71 bits per heavy atom. The predicted octanol–water partition coefficient (Wildman–Crippen LogP) is 4.09. The molecule has 1 unspecified atom stereocenters. The first-order valence-corrected chi connectivity index (χ1v) is 13.8. The molecule has 42 heavy (non-hydrogen) atoms. The first kappa shape index (κ1) is 27.1. The molecule has 3 aromatic carbocycles. The Hall–Kier alpha value is -5.09. The van der Waals surface area contributed by atoms with E-state index in [-0.39, 0.29) is 17.6 Å². The van der Waals surface area contributed by atoms with E-state index in [1.54, 1.807) is 68.0 Å². The third kappa shape index (κ3) is 5.57. The second-order valence-electron chi connectivity index (χ2n) is 10.6. The van der Waals surface area contributed by atoms with E-state index in [9.17, 15) is 14.4 Å². The third-order valence-electron chi connectivity index (χ3n) is 7.72. The van der Waals surface area contributed by atoms with Crippen LogP contribution in [0.15, 0.2) is 84.0 Å². The van der Waals surface area contributed by atoms with Crippen molar-refractivity contribution in [3.63, 3.8) is 0 Å². The van der Waals surface area contributed by atoms with Crippen molar-refractivity contribution in [3.8, 4) is 0 Å². The van der Waals surface area contributed by atoms with Crippen molar-refractivity contribution in [2.24, 2.45) is 12.0 Å². The molecule has 0 saturated carbocycles. The van der Waals surface area contributed by atoms with E-state index in [1.807, 2.05) is 12.1 Å². The van der Waals surface area contributed by atoms with Gasteiger partial charge in [-0.15, -0.1) is 0 Å². The Balaban J connectivity index is 1.14. The number of piperazine rings is 1. The second kappa shape index (κ2) is 11.4. The summed E-state index contributed by atoms with van der Waals surface area (Å²) in [5.74, 6) is -1.28. The van der Waals surface area contributed by atoms with Gasteiger partial charge in [0.25, 0.3) is 5.91 Å². The number of likely N-dealkylation sites (N-methyl/N-ethyl adjacent to an activating group) is 1. The number of benzene rings is 3. The molecule has 1 fully saturated rings. The Morgan fingerprint density at radius 3 is 2.45 bits per heavy atom. The van der Waals surface area contributed by atoms with E-state index < -0.39 is 5.92 Å². The van der Waals surface area contributed by atoms with Gasteiger partial charge in [-0.2, -0.15) is 5.10 Å². The van der Waals surface area contributed by atoms with Crippen LogP contribution >= 0.6 is 0 Å². The molecule has 0 aliphatic carbocycles. The van der Waals surface area contributed by atoms with Crippen LogP contribution in [0.25, 0.3) is 0 Å². The van der Waals surface area contributed by atoms with Gasteiger partial charge in [0, 0.05) is 73.8 Å². The van der Waals surface area contributed by atoms with Crippen LogP contribution in [0.4, 0.5) is 22.7 Å².